The maximum atomic E-state index is 12.2. The number of anilines is 2. The predicted molar refractivity (Wildman–Crippen MR) is 101 cm³/mol. The lowest BCUT2D eigenvalue weighted by molar-refractivity contribution is 0.102. The van der Waals surface area contributed by atoms with Gasteiger partial charge in [0, 0.05) is 12.2 Å². The number of nitrogens with zero attached hydrogens (tertiary/aromatic N) is 2. The highest BCUT2D eigenvalue weighted by atomic mass is 16.5. The van der Waals surface area contributed by atoms with E-state index in [0.29, 0.717) is 12.4 Å². The molecular weight excluding hydrogens is 328 g/mol. The van der Waals surface area contributed by atoms with Crippen LogP contribution in [0.3, 0.4) is 0 Å². The number of methoxy groups -OCH3 is 1. The Labute approximate surface area is 152 Å². The molecular formula is C20H20N4O2. The molecule has 6 nitrogen and oxygen atoms in total. The molecule has 3 aromatic rings. The number of hydrogen-bond acceptors (Lipinski definition) is 5. The highest BCUT2D eigenvalue weighted by Crippen LogP contribution is 2.13. The zero-order chi connectivity index (χ0) is 18.4. The van der Waals surface area contributed by atoms with Gasteiger partial charge in [0.15, 0.2) is 0 Å². The summed E-state index contributed by atoms with van der Waals surface area (Å²) >= 11 is 0. The first-order valence-electron chi connectivity index (χ1n) is 8.21. The lowest BCUT2D eigenvalue weighted by atomic mass is 10.2. The van der Waals surface area contributed by atoms with Crippen molar-refractivity contribution in [1.82, 2.24) is 9.97 Å². The van der Waals surface area contributed by atoms with Crippen molar-refractivity contribution in [2.45, 2.75) is 13.5 Å². The Morgan fingerprint density at radius 2 is 1.88 bits per heavy atom. The molecule has 0 aliphatic carbocycles. The SMILES string of the molecule is COc1ccc(CNc2cnc(C(=O)Nc3cccc(C)c3)cn2)cc1. The first kappa shape index (κ1) is 17.4. The fourth-order valence-corrected chi connectivity index (χ4v) is 2.39. The lowest BCUT2D eigenvalue weighted by Gasteiger charge is -2.08. The Morgan fingerprint density at radius 1 is 1.08 bits per heavy atom. The van der Waals surface area contributed by atoms with Gasteiger partial charge in [0.25, 0.3) is 5.91 Å². The summed E-state index contributed by atoms with van der Waals surface area (Å²) in [5, 5.41) is 5.99. The Bertz CT molecular complexity index is 877. The van der Waals surface area contributed by atoms with Gasteiger partial charge in [0.1, 0.15) is 17.3 Å². The number of aromatic nitrogens is 2. The molecule has 0 unspecified atom stereocenters. The van der Waals surface area contributed by atoms with Crippen LogP contribution < -0.4 is 15.4 Å². The number of carbonyl (C=O) groups excluding carboxylic acids is 1. The summed E-state index contributed by atoms with van der Waals surface area (Å²) in [5.41, 5.74) is 3.17. The summed E-state index contributed by atoms with van der Waals surface area (Å²) in [6.45, 7) is 2.58. The second kappa shape index (κ2) is 8.11. The van der Waals surface area contributed by atoms with Crippen molar-refractivity contribution in [3.63, 3.8) is 0 Å². The smallest absolute Gasteiger partial charge is 0.275 e. The number of rotatable bonds is 6. The molecule has 2 N–H and O–H groups in total. The third kappa shape index (κ3) is 4.57. The van der Waals surface area contributed by atoms with Crippen molar-refractivity contribution in [1.29, 1.82) is 0 Å². The Kier molecular flexibility index (Phi) is 5.43. The number of benzene rings is 2. The fourth-order valence-electron chi connectivity index (χ4n) is 2.39. The van der Waals surface area contributed by atoms with Gasteiger partial charge in [0.05, 0.1) is 19.5 Å². The molecule has 0 saturated carbocycles. The summed E-state index contributed by atoms with van der Waals surface area (Å²) in [6, 6.07) is 15.4. The van der Waals surface area contributed by atoms with E-state index in [1.54, 1.807) is 13.3 Å². The first-order chi connectivity index (χ1) is 12.6. The van der Waals surface area contributed by atoms with Gasteiger partial charge in [-0.05, 0) is 42.3 Å². The maximum Gasteiger partial charge on any atom is 0.275 e. The van der Waals surface area contributed by atoms with Crippen molar-refractivity contribution < 1.29 is 9.53 Å². The molecule has 132 valence electrons. The van der Waals surface area contributed by atoms with Gasteiger partial charge in [0.2, 0.25) is 0 Å². The number of ether oxygens (including phenoxy) is 1. The van der Waals surface area contributed by atoms with Crippen LogP contribution in [-0.4, -0.2) is 23.0 Å². The van der Waals surface area contributed by atoms with E-state index in [1.165, 1.54) is 6.20 Å². The minimum absolute atomic E-state index is 0.265. The van der Waals surface area contributed by atoms with Crippen LogP contribution in [0.25, 0.3) is 0 Å². The highest BCUT2D eigenvalue weighted by molar-refractivity contribution is 6.02. The van der Waals surface area contributed by atoms with Crippen LogP contribution in [0.5, 0.6) is 5.75 Å². The number of carbonyl (C=O) groups is 1. The third-order valence-corrected chi connectivity index (χ3v) is 3.79. The molecule has 1 heterocycles. The Morgan fingerprint density at radius 3 is 2.54 bits per heavy atom. The van der Waals surface area contributed by atoms with Gasteiger partial charge in [-0.3, -0.25) is 4.79 Å². The van der Waals surface area contributed by atoms with Crippen molar-refractivity contribution in [2.24, 2.45) is 0 Å². The van der Waals surface area contributed by atoms with Crippen molar-refractivity contribution in [2.75, 3.05) is 17.7 Å². The van der Waals surface area contributed by atoms with E-state index in [2.05, 4.69) is 20.6 Å². The summed E-state index contributed by atoms with van der Waals surface area (Å²) in [4.78, 5) is 20.7. The number of aryl methyl sites for hydroxylation is 1. The van der Waals surface area contributed by atoms with Gasteiger partial charge in [-0.2, -0.15) is 0 Å². The van der Waals surface area contributed by atoms with E-state index in [0.717, 1.165) is 22.6 Å². The molecule has 0 atom stereocenters. The first-order valence-corrected chi connectivity index (χ1v) is 8.21. The maximum absolute atomic E-state index is 12.2. The number of amides is 1. The third-order valence-electron chi connectivity index (χ3n) is 3.79. The van der Waals surface area contributed by atoms with Crippen LogP contribution in [0, 0.1) is 6.92 Å². The van der Waals surface area contributed by atoms with Gasteiger partial charge in [-0.1, -0.05) is 24.3 Å². The average Bonchev–Trinajstić information content (AvgIpc) is 2.67. The van der Waals surface area contributed by atoms with Crippen LogP contribution in [-0.2, 0) is 6.54 Å². The predicted octanol–water partition coefficient (Wildman–Crippen LogP) is 3.66. The Balaban J connectivity index is 1.57. The van der Waals surface area contributed by atoms with E-state index in [-0.39, 0.29) is 11.6 Å². The second-order valence-electron chi connectivity index (χ2n) is 5.81. The molecule has 0 aliphatic rings. The topological polar surface area (TPSA) is 76.1 Å². The monoisotopic (exact) mass is 348 g/mol. The highest BCUT2D eigenvalue weighted by Gasteiger charge is 2.08. The van der Waals surface area contributed by atoms with Gasteiger partial charge in [-0.15, -0.1) is 0 Å². The molecule has 26 heavy (non-hydrogen) atoms. The van der Waals surface area contributed by atoms with Crippen molar-refractivity contribution in [3.8, 4) is 5.75 Å². The molecule has 0 spiro atoms. The summed E-state index contributed by atoms with van der Waals surface area (Å²) in [6.07, 6.45) is 3.01. The minimum Gasteiger partial charge on any atom is -0.497 e. The largest absolute Gasteiger partial charge is 0.497 e. The van der Waals surface area contributed by atoms with Crippen LogP contribution in [0.4, 0.5) is 11.5 Å². The van der Waals surface area contributed by atoms with Crippen molar-refractivity contribution >= 4 is 17.4 Å². The molecule has 0 fully saturated rings. The van der Waals surface area contributed by atoms with Crippen LogP contribution in [0.15, 0.2) is 60.9 Å². The van der Waals surface area contributed by atoms with E-state index < -0.39 is 0 Å². The average molecular weight is 348 g/mol. The summed E-state index contributed by atoms with van der Waals surface area (Å²) in [7, 11) is 1.64. The molecule has 0 saturated heterocycles. The quantitative estimate of drug-likeness (QED) is 0.711. The van der Waals surface area contributed by atoms with E-state index in [4.69, 9.17) is 4.74 Å². The molecule has 3 rings (SSSR count). The molecule has 1 amide bonds. The fraction of sp³-hybridized carbons (Fsp3) is 0.150. The van der Waals surface area contributed by atoms with E-state index in [9.17, 15) is 4.79 Å². The molecule has 1 aromatic heterocycles. The van der Waals surface area contributed by atoms with Gasteiger partial charge < -0.3 is 15.4 Å². The summed E-state index contributed by atoms with van der Waals surface area (Å²) in [5.74, 6) is 1.13. The molecule has 0 aliphatic heterocycles. The Hall–Kier alpha value is -3.41. The number of hydrogen-bond donors (Lipinski definition) is 2. The van der Waals surface area contributed by atoms with Crippen LogP contribution in [0.2, 0.25) is 0 Å². The van der Waals surface area contributed by atoms with Crippen LogP contribution in [0.1, 0.15) is 21.6 Å². The molecule has 0 bridgehead atoms. The lowest BCUT2D eigenvalue weighted by Crippen LogP contribution is -2.14. The standard InChI is InChI=1S/C20H20N4O2/c1-14-4-3-5-16(10-14)24-20(25)18-12-23-19(13-21-18)22-11-15-6-8-17(26-2)9-7-15/h3-10,12-13H,11H2,1-2H3,(H,22,23)(H,24,25). The van der Waals surface area contributed by atoms with Crippen molar-refractivity contribution in [3.05, 3.63) is 77.7 Å². The zero-order valence-corrected chi connectivity index (χ0v) is 14.7. The van der Waals surface area contributed by atoms with Gasteiger partial charge >= 0.3 is 0 Å². The summed E-state index contributed by atoms with van der Waals surface area (Å²) < 4.78 is 5.14. The van der Waals surface area contributed by atoms with Crippen LogP contribution >= 0.6 is 0 Å². The van der Waals surface area contributed by atoms with E-state index >= 15 is 0 Å². The second-order valence-corrected chi connectivity index (χ2v) is 5.81. The molecule has 6 heteroatoms. The normalized spacial score (nSPS) is 10.2. The minimum atomic E-state index is -0.287. The van der Waals surface area contributed by atoms with Gasteiger partial charge in [-0.25, -0.2) is 9.97 Å². The molecule has 2 aromatic carbocycles. The molecule has 0 radical (unpaired) electrons. The number of nitrogens with one attached hydrogen (secondary N) is 2. The van der Waals surface area contributed by atoms with E-state index in [1.807, 2.05) is 55.5 Å². The zero-order valence-electron chi connectivity index (χ0n) is 14.7.